The molecule has 0 saturated heterocycles. The standard InChI is InChI=1S/C16H19ClN4O2S/c1-20(2)8-4-7-18-10-13-14(22)19-16(24)21(15(13)23)12-6-3-5-11(17)9-12/h3,5-6,9-10,23H,4,7-8H2,1-2H3,(H,19,22,24). The van der Waals surface area contributed by atoms with Gasteiger partial charge in [0.25, 0.3) is 5.56 Å². The predicted molar refractivity (Wildman–Crippen MR) is 99.5 cm³/mol. The van der Waals surface area contributed by atoms with E-state index in [0.29, 0.717) is 17.3 Å². The highest BCUT2D eigenvalue weighted by Gasteiger charge is 2.12. The third-order valence-electron chi connectivity index (χ3n) is 3.30. The summed E-state index contributed by atoms with van der Waals surface area (Å²) >= 11 is 11.1. The number of aliphatic imine (C=N–C) groups is 1. The fraction of sp³-hybridized carbons (Fsp3) is 0.312. The Hall–Kier alpha value is -1.96. The molecule has 1 aromatic carbocycles. The third kappa shape index (κ3) is 4.53. The van der Waals surface area contributed by atoms with E-state index in [-0.39, 0.29) is 16.2 Å². The van der Waals surface area contributed by atoms with E-state index in [4.69, 9.17) is 23.8 Å². The molecule has 0 amide bonds. The molecule has 0 radical (unpaired) electrons. The van der Waals surface area contributed by atoms with Crippen LogP contribution in [0.1, 0.15) is 12.0 Å². The SMILES string of the molecule is CN(C)CCCN=Cc1c(O)n(-c2cccc(Cl)c2)c(=S)[nH]c1=O. The van der Waals surface area contributed by atoms with Gasteiger partial charge in [-0.2, -0.15) is 0 Å². The van der Waals surface area contributed by atoms with E-state index in [2.05, 4.69) is 14.9 Å². The van der Waals surface area contributed by atoms with Crippen molar-refractivity contribution in [1.29, 1.82) is 0 Å². The van der Waals surface area contributed by atoms with Gasteiger partial charge in [-0.05, 0) is 57.5 Å². The van der Waals surface area contributed by atoms with Crippen molar-refractivity contribution in [3.8, 4) is 11.6 Å². The van der Waals surface area contributed by atoms with Gasteiger partial charge in [0, 0.05) is 17.8 Å². The summed E-state index contributed by atoms with van der Waals surface area (Å²) in [5, 5.41) is 11.0. The molecule has 0 unspecified atom stereocenters. The van der Waals surface area contributed by atoms with Gasteiger partial charge >= 0.3 is 0 Å². The molecule has 2 aromatic rings. The monoisotopic (exact) mass is 366 g/mol. The van der Waals surface area contributed by atoms with Crippen LogP contribution in [-0.4, -0.2) is 53.0 Å². The summed E-state index contributed by atoms with van der Waals surface area (Å²) in [6, 6.07) is 6.83. The molecule has 0 bridgehead atoms. The molecule has 128 valence electrons. The van der Waals surface area contributed by atoms with E-state index in [1.807, 2.05) is 14.1 Å². The zero-order valence-corrected chi connectivity index (χ0v) is 15.1. The van der Waals surface area contributed by atoms with Gasteiger partial charge in [-0.3, -0.25) is 19.3 Å². The number of H-pyrrole nitrogens is 1. The molecule has 0 atom stereocenters. The number of rotatable bonds is 6. The minimum absolute atomic E-state index is 0.0634. The molecule has 24 heavy (non-hydrogen) atoms. The van der Waals surface area contributed by atoms with Crippen LogP contribution in [0.3, 0.4) is 0 Å². The second-order valence-electron chi connectivity index (χ2n) is 5.50. The Bertz CT molecular complexity index is 858. The number of benzene rings is 1. The molecule has 1 aromatic heterocycles. The van der Waals surface area contributed by atoms with Crippen LogP contribution < -0.4 is 5.56 Å². The highest BCUT2D eigenvalue weighted by atomic mass is 35.5. The molecule has 0 aliphatic heterocycles. The summed E-state index contributed by atoms with van der Waals surface area (Å²) in [6.07, 6.45) is 2.23. The number of aromatic hydroxyl groups is 1. The predicted octanol–water partition coefficient (Wildman–Crippen LogP) is 2.62. The molecule has 2 N–H and O–H groups in total. The van der Waals surface area contributed by atoms with Crippen molar-refractivity contribution in [2.75, 3.05) is 27.2 Å². The number of hydrogen-bond acceptors (Lipinski definition) is 5. The average Bonchev–Trinajstić information content (AvgIpc) is 2.49. The highest BCUT2D eigenvalue weighted by Crippen LogP contribution is 2.21. The molecule has 1 heterocycles. The number of aromatic amines is 1. The zero-order valence-electron chi connectivity index (χ0n) is 13.5. The fourth-order valence-electron chi connectivity index (χ4n) is 2.14. The van der Waals surface area contributed by atoms with Crippen molar-refractivity contribution in [2.45, 2.75) is 6.42 Å². The molecule has 0 aliphatic carbocycles. The van der Waals surface area contributed by atoms with Crippen LogP contribution in [0.25, 0.3) is 5.69 Å². The number of halogens is 1. The maximum atomic E-state index is 12.1. The molecule has 0 aliphatic rings. The molecular formula is C16H19ClN4O2S. The highest BCUT2D eigenvalue weighted by molar-refractivity contribution is 7.71. The first-order chi connectivity index (χ1) is 11.4. The van der Waals surface area contributed by atoms with Crippen LogP contribution in [0.4, 0.5) is 0 Å². The fourth-order valence-corrected chi connectivity index (χ4v) is 2.61. The summed E-state index contributed by atoms with van der Waals surface area (Å²) in [6.45, 7) is 1.46. The first-order valence-electron chi connectivity index (χ1n) is 7.39. The Morgan fingerprint density at radius 1 is 1.46 bits per heavy atom. The van der Waals surface area contributed by atoms with Crippen molar-refractivity contribution < 1.29 is 5.11 Å². The quantitative estimate of drug-likeness (QED) is 0.468. The molecule has 0 spiro atoms. The summed E-state index contributed by atoms with van der Waals surface area (Å²) in [4.78, 5) is 20.9. The van der Waals surface area contributed by atoms with Crippen molar-refractivity contribution >= 4 is 30.0 Å². The smallest absolute Gasteiger partial charge is 0.264 e. The molecule has 0 fully saturated rings. The number of hydrogen-bond donors (Lipinski definition) is 2. The second kappa shape index (κ2) is 8.23. The topological polar surface area (TPSA) is 73.6 Å². The lowest BCUT2D eigenvalue weighted by atomic mass is 10.3. The number of aromatic nitrogens is 2. The van der Waals surface area contributed by atoms with E-state index in [0.717, 1.165) is 13.0 Å². The first-order valence-corrected chi connectivity index (χ1v) is 8.17. The number of nitrogens with one attached hydrogen (secondary N) is 1. The maximum Gasteiger partial charge on any atom is 0.264 e. The van der Waals surface area contributed by atoms with Gasteiger partial charge in [0.05, 0.1) is 5.69 Å². The minimum Gasteiger partial charge on any atom is -0.494 e. The zero-order chi connectivity index (χ0) is 17.7. The molecular weight excluding hydrogens is 348 g/mol. The Labute approximate surface area is 150 Å². The van der Waals surface area contributed by atoms with Gasteiger partial charge < -0.3 is 10.0 Å². The summed E-state index contributed by atoms with van der Waals surface area (Å²) in [7, 11) is 3.97. The van der Waals surface area contributed by atoms with Gasteiger partial charge in [-0.15, -0.1) is 0 Å². The van der Waals surface area contributed by atoms with Crippen molar-refractivity contribution in [1.82, 2.24) is 14.5 Å². The van der Waals surface area contributed by atoms with E-state index in [1.165, 1.54) is 10.8 Å². The van der Waals surface area contributed by atoms with Crippen molar-refractivity contribution in [3.05, 3.63) is 50.0 Å². The van der Waals surface area contributed by atoms with Gasteiger partial charge in [0.15, 0.2) is 4.77 Å². The number of nitrogens with zero attached hydrogens (tertiary/aromatic N) is 3. The third-order valence-corrected chi connectivity index (χ3v) is 3.82. The second-order valence-corrected chi connectivity index (χ2v) is 6.33. The van der Waals surface area contributed by atoms with Gasteiger partial charge in [-0.1, -0.05) is 17.7 Å². The van der Waals surface area contributed by atoms with Crippen LogP contribution >= 0.6 is 23.8 Å². The van der Waals surface area contributed by atoms with Crippen LogP contribution in [0.5, 0.6) is 5.88 Å². The van der Waals surface area contributed by atoms with E-state index in [1.54, 1.807) is 24.3 Å². The van der Waals surface area contributed by atoms with E-state index in [9.17, 15) is 9.90 Å². The Kier molecular flexibility index (Phi) is 6.30. The van der Waals surface area contributed by atoms with Crippen molar-refractivity contribution in [3.63, 3.8) is 0 Å². The normalized spacial score (nSPS) is 11.5. The van der Waals surface area contributed by atoms with Crippen LogP contribution in [0, 0.1) is 4.77 Å². The lowest BCUT2D eigenvalue weighted by Crippen LogP contribution is -2.18. The maximum absolute atomic E-state index is 12.1. The largest absolute Gasteiger partial charge is 0.494 e. The Balaban J connectivity index is 2.37. The Morgan fingerprint density at radius 2 is 2.21 bits per heavy atom. The van der Waals surface area contributed by atoms with Gasteiger partial charge in [0.2, 0.25) is 5.88 Å². The van der Waals surface area contributed by atoms with Gasteiger partial charge in [-0.25, -0.2) is 0 Å². The average molecular weight is 367 g/mol. The summed E-state index contributed by atoms with van der Waals surface area (Å²) in [5.41, 5.74) is 0.143. The minimum atomic E-state index is -0.480. The summed E-state index contributed by atoms with van der Waals surface area (Å²) in [5.74, 6) is -0.262. The van der Waals surface area contributed by atoms with E-state index >= 15 is 0 Å². The molecule has 8 heteroatoms. The van der Waals surface area contributed by atoms with Crippen molar-refractivity contribution in [2.24, 2.45) is 4.99 Å². The van der Waals surface area contributed by atoms with Crippen LogP contribution in [0.2, 0.25) is 5.02 Å². The molecule has 2 rings (SSSR count). The first kappa shape index (κ1) is 18.4. The lowest BCUT2D eigenvalue weighted by Gasteiger charge is -2.11. The Morgan fingerprint density at radius 3 is 2.88 bits per heavy atom. The lowest BCUT2D eigenvalue weighted by molar-refractivity contribution is 0.403. The summed E-state index contributed by atoms with van der Waals surface area (Å²) < 4.78 is 1.44. The van der Waals surface area contributed by atoms with E-state index < -0.39 is 5.56 Å². The van der Waals surface area contributed by atoms with Crippen LogP contribution in [-0.2, 0) is 0 Å². The van der Waals surface area contributed by atoms with Gasteiger partial charge in [0.1, 0.15) is 5.56 Å². The molecule has 6 nitrogen and oxygen atoms in total. The molecule has 0 saturated carbocycles. The van der Waals surface area contributed by atoms with Crippen LogP contribution in [0.15, 0.2) is 34.1 Å².